The second-order valence-electron chi connectivity index (χ2n) is 13.8. The van der Waals surface area contributed by atoms with Crippen LogP contribution in [0.5, 0.6) is 0 Å². The van der Waals surface area contributed by atoms with Crippen molar-refractivity contribution in [3.63, 3.8) is 0 Å². The van der Waals surface area contributed by atoms with Crippen LogP contribution in [0, 0.1) is 23.2 Å². The topological polar surface area (TPSA) is 94.8 Å². The predicted octanol–water partition coefficient (Wildman–Crippen LogP) is 5.35. The molecular weight excluding hydrogens is 560 g/mol. The number of nitrogens with one attached hydrogen (secondary N) is 2. The lowest BCUT2D eigenvalue weighted by Crippen LogP contribution is -2.59. The number of nitrogens with zero attached hydrogens (tertiary/aromatic N) is 4. The number of hydrogen-bond donors (Lipinski definition) is 3. The molecule has 0 amide bonds. The van der Waals surface area contributed by atoms with E-state index in [1.54, 1.807) is 6.33 Å². The van der Waals surface area contributed by atoms with Crippen LogP contribution >= 0.6 is 11.6 Å². The summed E-state index contributed by atoms with van der Waals surface area (Å²) in [6.07, 6.45) is 4.52. The van der Waals surface area contributed by atoms with Gasteiger partial charge in [-0.1, -0.05) is 44.5 Å². The minimum atomic E-state index is -0.424. The number of anilines is 1. The number of guanidine groups is 1. The first-order chi connectivity index (χ1) is 20.5. The first kappa shape index (κ1) is 30.1. The molecule has 7 rings (SSSR count). The Morgan fingerprint density at radius 3 is 2.51 bits per heavy atom. The Hall–Kier alpha value is -2.94. The van der Waals surface area contributed by atoms with Crippen molar-refractivity contribution >= 4 is 34.2 Å². The van der Waals surface area contributed by atoms with Crippen LogP contribution in [0.25, 0.3) is 10.9 Å². The van der Waals surface area contributed by atoms with Crippen molar-refractivity contribution in [3.05, 3.63) is 69.7 Å². The van der Waals surface area contributed by atoms with Crippen LogP contribution < -0.4 is 16.2 Å². The summed E-state index contributed by atoms with van der Waals surface area (Å²) in [5.41, 5.74) is 2.72. The minimum absolute atomic E-state index is 0.166. The molecule has 3 aliphatic carbocycles. The van der Waals surface area contributed by atoms with E-state index in [1.165, 1.54) is 11.0 Å². The molecule has 2 heterocycles. The van der Waals surface area contributed by atoms with Gasteiger partial charge in [-0.05, 0) is 92.2 Å². The lowest BCUT2D eigenvalue weighted by Gasteiger charge is -2.61. The third-order valence-corrected chi connectivity index (χ3v) is 10.7. The number of benzene rings is 2. The zero-order chi connectivity index (χ0) is 30.5. The van der Waals surface area contributed by atoms with Crippen molar-refractivity contribution in [3.8, 4) is 0 Å². The highest BCUT2D eigenvalue weighted by Crippen LogP contribution is 2.61. The summed E-state index contributed by atoms with van der Waals surface area (Å²) >= 11 is 6.03. The molecule has 230 valence electrons. The minimum Gasteiger partial charge on any atom is -0.394 e. The molecule has 9 heteroatoms. The van der Waals surface area contributed by atoms with Gasteiger partial charge in [-0.25, -0.2) is 9.98 Å². The number of aromatic nitrogens is 2. The Morgan fingerprint density at radius 2 is 1.86 bits per heavy atom. The molecule has 0 spiro atoms. The highest BCUT2D eigenvalue weighted by molar-refractivity contribution is 6.30. The number of aliphatic hydroxyl groups excluding tert-OH is 1. The number of fused-ring (bicyclic) bond motifs is 3. The highest BCUT2D eigenvalue weighted by Gasteiger charge is 2.56. The first-order valence-corrected chi connectivity index (χ1v) is 16.1. The molecule has 4 aliphatic rings. The maximum Gasteiger partial charge on any atom is 0.261 e. The zero-order valence-corrected chi connectivity index (χ0v) is 26.7. The second-order valence-corrected chi connectivity index (χ2v) is 14.3. The molecule has 1 aromatic heterocycles. The monoisotopic (exact) mass is 604 g/mol. The van der Waals surface area contributed by atoms with Crippen LogP contribution in [0.15, 0.2) is 58.6 Å². The molecule has 3 saturated carbocycles. The van der Waals surface area contributed by atoms with Gasteiger partial charge in [0, 0.05) is 35.9 Å². The predicted molar refractivity (Wildman–Crippen MR) is 175 cm³/mol. The molecule has 4 fully saturated rings. The molecular formula is C34H45ClN6O2. The number of hydrogen-bond acceptors (Lipinski definition) is 5. The molecule has 3 aromatic rings. The summed E-state index contributed by atoms with van der Waals surface area (Å²) in [6, 6.07) is 13.8. The lowest BCUT2D eigenvalue weighted by atomic mass is 9.45. The molecule has 1 aliphatic heterocycles. The van der Waals surface area contributed by atoms with Crippen LogP contribution in [0.4, 0.5) is 5.69 Å². The average Bonchev–Trinajstić information content (AvgIpc) is 2.97. The molecule has 1 saturated heterocycles. The van der Waals surface area contributed by atoms with Crippen molar-refractivity contribution in [2.75, 3.05) is 25.0 Å². The summed E-state index contributed by atoms with van der Waals surface area (Å²) in [5.74, 6) is 2.90. The summed E-state index contributed by atoms with van der Waals surface area (Å²) in [4.78, 5) is 26.0. The Kier molecular flexibility index (Phi) is 8.31. The van der Waals surface area contributed by atoms with E-state index in [9.17, 15) is 9.90 Å². The van der Waals surface area contributed by atoms with Crippen molar-refractivity contribution < 1.29 is 5.11 Å². The number of aliphatic hydroxyl groups is 1. The van der Waals surface area contributed by atoms with Gasteiger partial charge in [-0.3, -0.25) is 9.36 Å². The van der Waals surface area contributed by atoms with E-state index >= 15 is 0 Å². The SMILES string of the molecule is C[C@@H]1CN(/C(=N\C2C[C@H]3C[C@@H]([C@@H]2C)C3(C)C)Nc2ccc3c(=O)n([C@H](CO)Cc4ccc(Cl)cc4)cnc3c2)C[C@H](C)N1. The van der Waals surface area contributed by atoms with Gasteiger partial charge < -0.3 is 20.6 Å². The fourth-order valence-electron chi connectivity index (χ4n) is 7.89. The van der Waals surface area contributed by atoms with Gasteiger partial charge in [0.15, 0.2) is 5.96 Å². The van der Waals surface area contributed by atoms with Gasteiger partial charge in [0.05, 0.1) is 35.9 Å². The third-order valence-electron chi connectivity index (χ3n) is 10.5. The van der Waals surface area contributed by atoms with E-state index in [-0.39, 0.29) is 12.2 Å². The fourth-order valence-corrected chi connectivity index (χ4v) is 8.01. The third kappa shape index (κ3) is 5.94. The standard InChI is InChI=1S/C34H45ClN6O2/c1-20-16-40(17-21(2)37-20)33(39-30-14-24-13-29(22(30)3)34(24,4)5)38-26-10-11-28-31(15-26)36-19-41(32(28)43)27(18-42)12-23-6-8-25(35)9-7-23/h6-11,15,19-22,24,27,29-30,37,42H,12-14,16-18H2,1-5H3,(H,38,39)/t20-,21+,22-,24+,27-,29-,30?/m0/s1. The Balaban J connectivity index is 1.27. The van der Waals surface area contributed by atoms with Crippen LogP contribution in [0.2, 0.25) is 5.02 Å². The van der Waals surface area contributed by atoms with Gasteiger partial charge >= 0.3 is 0 Å². The second kappa shape index (κ2) is 11.9. The average molecular weight is 605 g/mol. The van der Waals surface area contributed by atoms with Crippen molar-refractivity contribution in [2.45, 2.75) is 78.0 Å². The van der Waals surface area contributed by atoms with Crippen molar-refractivity contribution in [1.82, 2.24) is 19.8 Å². The Labute approximate surface area is 259 Å². The Morgan fingerprint density at radius 1 is 1.14 bits per heavy atom. The van der Waals surface area contributed by atoms with Crippen molar-refractivity contribution in [1.29, 1.82) is 0 Å². The maximum atomic E-state index is 13.5. The van der Waals surface area contributed by atoms with Gasteiger partial charge in [0.1, 0.15) is 0 Å². The number of halogens is 1. The van der Waals surface area contributed by atoms with E-state index < -0.39 is 6.04 Å². The quantitative estimate of drug-likeness (QED) is 0.259. The molecule has 8 nitrogen and oxygen atoms in total. The van der Waals surface area contributed by atoms with Gasteiger partial charge in [0.25, 0.3) is 5.56 Å². The highest BCUT2D eigenvalue weighted by atomic mass is 35.5. The van der Waals surface area contributed by atoms with Crippen LogP contribution in [-0.4, -0.2) is 63.3 Å². The molecule has 3 N–H and O–H groups in total. The first-order valence-electron chi connectivity index (χ1n) is 15.8. The number of aliphatic imine (C=N–C) groups is 1. The number of rotatable bonds is 6. The van der Waals surface area contributed by atoms with E-state index in [2.05, 4.69) is 55.1 Å². The normalized spacial score (nSPS) is 29.3. The smallest absolute Gasteiger partial charge is 0.261 e. The molecule has 1 unspecified atom stereocenters. The Bertz CT molecular complexity index is 1540. The zero-order valence-electron chi connectivity index (χ0n) is 25.9. The molecule has 2 aromatic carbocycles. The summed E-state index contributed by atoms with van der Waals surface area (Å²) in [7, 11) is 0. The van der Waals surface area contributed by atoms with Crippen molar-refractivity contribution in [2.24, 2.45) is 28.2 Å². The lowest BCUT2D eigenvalue weighted by molar-refractivity contribution is -0.108. The molecule has 2 bridgehead atoms. The maximum absolute atomic E-state index is 13.5. The largest absolute Gasteiger partial charge is 0.394 e. The molecule has 7 atom stereocenters. The molecule has 0 radical (unpaired) electrons. The summed E-state index contributed by atoms with van der Waals surface area (Å²) in [5, 5.41) is 18.6. The summed E-state index contributed by atoms with van der Waals surface area (Å²) < 4.78 is 1.54. The fraction of sp³-hybridized carbons (Fsp3) is 0.559. The van der Waals surface area contributed by atoms with Crippen LogP contribution in [0.3, 0.4) is 0 Å². The molecule has 43 heavy (non-hydrogen) atoms. The van der Waals surface area contributed by atoms with E-state index in [0.717, 1.165) is 48.6 Å². The van der Waals surface area contributed by atoms with Gasteiger partial charge in [0.2, 0.25) is 0 Å². The number of piperazine rings is 1. The van der Waals surface area contributed by atoms with Crippen LogP contribution in [0.1, 0.15) is 59.1 Å². The van der Waals surface area contributed by atoms with E-state index in [4.69, 9.17) is 16.6 Å². The van der Waals surface area contributed by atoms with Gasteiger partial charge in [-0.2, -0.15) is 0 Å². The van der Waals surface area contributed by atoms with Crippen LogP contribution in [-0.2, 0) is 6.42 Å². The van der Waals surface area contributed by atoms with E-state index in [0.29, 0.717) is 51.8 Å². The summed E-state index contributed by atoms with van der Waals surface area (Å²) in [6.45, 7) is 13.3. The van der Waals surface area contributed by atoms with Gasteiger partial charge in [-0.15, -0.1) is 0 Å². The van der Waals surface area contributed by atoms with E-state index in [1.807, 2.05) is 42.5 Å².